The summed E-state index contributed by atoms with van der Waals surface area (Å²) >= 11 is 0. The van der Waals surface area contributed by atoms with Gasteiger partial charge in [0.05, 0.1) is 19.0 Å². The number of nitrogens with one attached hydrogen (secondary N) is 2. The maximum Gasteiger partial charge on any atom is 0.254 e. The number of nitrogens with two attached hydrogens (primary N) is 1. The number of anilines is 1. The lowest BCUT2D eigenvalue weighted by Gasteiger charge is -2.08. The van der Waals surface area contributed by atoms with Crippen molar-refractivity contribution in [3.05, 3.63) is 17.8 Å². The molecule has 2 amide bonds. The number of ether oxygens (including phenoxy) is 1. The van der Waals surface area contributed by atoms with Crippen LogP contribution in [0.15, 0.2) is 12.3 Å². The second kappa shape index (κ2) is 11.1. The van der Waals surface area contributed by atoms with Gasteiger partial charge in [-0.3, -0.25) is 9.59 Å². The molecule has 0 spiro atoms. The molecule has 0 saturated heterocycles. The average molecular weight is 339 g/mol. The average Bonchev–Trinajstić information content (AvgIpc) is 2.39. The first-order chi connectivity index (χ1) is 9.08. The SMILES string of the molecule is CNCCCC(=O)Nc1cnc(OC)c(C(N)=O)c1.Cl.Cl. The van der Waals surface area contributed by atoms with Gasteiger partial charge in [0.15, 0.2) is 0 Å². The topological polar surface area (TPSA) is 106 Å². The van der Waals surface area contributed by atoms with Gasteiger partial charge in [-0.1, -0.05) is 0 Å². The summed E-state index contributed by atoms with van der Waals surface area (Å²) in [6.45, 7) is 0.765. The Bertz CT molecular complexity index is 472. The highest BCUT2D eigenvalue weighted by molar-refractivity contribution is 5.97. The minimum atomic E-state index is -0.657. The van der Waals surface area contributed by atoms with Crippen LogP contribution in [0, 0.1) is 0 Å². The molecule has 0 atom stereocenters. The van der Waals surface area contributed by atoms with Gasteiger partial charge in [-0.15, -0.1) is 24.8 Å². The standard InChI is InChI=1S/C12H18N4O3.2ClH/c1-14-5-3-4-10(17)16-8-6-9(11(13)18)12(19-2)15-7-8;;/h6-7,14H,3-5H2,1-2H3,(H2,13,18)(H,16,17);2*1H. The number of carbonyl (C=O) groups excluding carboxylic acids is 2. The fraction of sp³-hybridized carbons (Fsp3) is 0.417. The van der Waals surface area contributed by atoms with Gasteiger partial charge < -0.3 is 21.1 Å². The molecule has 0 saturated carbocycles. The molecule has 1 rings (SSSR count). The van der Waals surface area contributed by atoms with Crippen LogP contribution >= 0.6 is 24.8 Å². The van der Waals surface area contributed by atoms with Gasteiger partial charge in [-0.25, -0.2) is 4.98 Å². The number of amides is 2. The van der Waals surface area contributed by atoms with Gasteiger partial charge in [0.25, 0.3) is 5.91 Å². The number of aromatic nitrogens is 1. The van der Waals surface area contributed by atoms with E-state index in [9.17, 15) is 9.59 Å². The Hall–Kier alpha value is -1.57. The smallest absolute Gasteiger partial charge is 0.254 e. The van der Waals surface area contributed by atoms with E-state index in [-0.39, 0.29) is 42.2 Å². The Morgan fingerprint density at radius 3 is 2.57 bits per heavy atom. The van der Waals surface area contributed by atoms with Gasteiger partial charge in [0, 0.05) is 6.42 Å². The van der Waals surface area contributed by atoms with Crippen molar-refractivity contribution in [3.8, 4) is 5.88 Å². The van der Waals surface area contributed by atoms with Crippen LogP contribution in [-0.4, -0.2) is 37.5 Å². The molecule has 120 valence electrons. The van der Waals surface area contributed by atoms with Crippen LogP contribution in [0.4, 0.5) is 5.69 Å². The summed E-state index contributed by atoms with van der Waals surface area (Å²) in [6, 6.07) is 1.45. The summed E-state index contributed by atoms with van der Waals surface area (Å²) in [5, 5.41) is 5.61. The molecule has 0 fully saturated rings. The first-order valence-electron chi connectivity index (χ1n) is 5.86. The second-order valence-corrected chi connectivity index (χ2v) is 3.90. The molecule has 0 aliphatic carbocycles. The Morgan fingerprint density at radius 1 is 1.38 bits per heavy atom. The first kappa shape index (κ1) is 21.7. The molecule has 21 heavy (non-hydrogen) atoms. The second-order valence-electron chi connectivity index (χ2n) is 3.90. The highest BCUT2D eigenvalue weighted by Gasteiger charge is 2.12. The van der Waals surface area contributed by atoms with E-state index in [4.69, 9.17) is 10.5 Å². The maximum absolute atomic E-state index is 11.6. The Balaban J connectivity index is 0. The van der Waals surface area contributed by atoms with Gasteiger partial charge in [-0.2, -0.15) is 0 Å². The van der Waals surface area contributed by atoms with Crippen molar-refractivity contribution in [2.45, 2.75) is 12.8 Å². The van der Waals surface area contributed by atoms with E-state index in [0.29, 0.717) is 12.1 Å². The Labute approximate surface area is 135 Å². The summed E-state index contributed by atoms with van der Waals surface area (Å²) < 4.78 is 4.91. The number of methoxy groups -OCH3 is 1. The van der Waals surface area contributed by atoms with Crippen molar-refractivity contribution in [1.29, 1.82) is 0 Å². The van der Waals surface area contributed by atoms with Crippen molar-refractivity contribution in [3.63, 3.8) is 0 Å². The molecule has 1 aromatic rings. The third kappa shape index (κ3) is 7.12. The molecular formula is C12H20Cl2N4O3. The largest absolute Gasteiger partial charge is 0.480 e. The normalized spacial score (nSPS) is 9.05. The van der Waals surface area contributed by atoms with E-state index in [1.807, 2.05) is 7.05 Å². The zero-order chi connectivity index (χ0) is 14.3. The van der Waals surface area contributed by atoms with E-state index in [0.717, 1.165) is 13.0 Å². The summed E-state index contributed by atoms with van der Waals surface area (Å²) in [5.41, 5.74) is 5.76. The maximum atomic E-state index is 11.6. The number of carbonyl (C=O) groups is 2. The number of pyridine rings is 1. The number of halogens is 2. The molecule has 7 nitrogen and oxygen atoms in total. The molecule has 0 bridgehead atoms. The number of hydrogen-bond acceptors (Lipinski definition) is 5. The van der Waals surface area contributed by atoms with Crippen LogP contribution < -0.4 is 21.1 Å². The van der Waals surface area contributed by atoms with Crippen LogP contribution in [0.25, 0.3) is 0 Å². The van der Waals surface area contributed by atoms with Gasteiger partial charge >= 0.3 is 0 Å². The molecule has 4 N–H and O–H groups in total. The lowest BCUT2D eigenvalue weighted by Crippen LogP contribution is -2.17. The highest BCUT2D eigenvalue weighted by atomic mass is 35.5. The molecule has 0 aliphatic heterocycles. The van der Waals surface area contributed by atoms with Crippen molar-refractivity contribution >= 4 is 42.3 Å². The van der Waals surface area contributed by atoms with Crippen LogP contribution in [-0.2, 0) is 4.79 Å². The molecule has 0 radical (unpaired) electrons. The van der Waals surface area contributed by atoms with E-state index < -0.39 is 5.91 Å². The monoisotopic (exact) mass is 338 g/mol. The summed E-state index contributed by atoms with van der Waals surface area (Å²) in [4.78, 5) is 26.7. The summed E-state index contributed by atoms with van der Waals surface area (Å²) in [7, 11) is 3.22. The quantitative estimate of drug-likeness (QED) is 0.642. The zero-order valence-corrected chi connectivity index (χ0v) is 13.5. The van der Waals surface area contributed by atoms with Crippen molar-refractivity contribution in [2.24, 2.45) is 5.73 Å². The van der Waals surface area contributed by atoms with Crippen molar-refractivity contribution in [1.82, 2.24) is 10.3 Å². The third-order valence-corrected chi connectivity index (χ3v) is 2.42. The molecule has 9 heteroatoms. The van der Waals surface area contributed by atoms with Crippen molar-refractivity contribution in [2.75, 3.05) is 26.0 Å². The molecule has 0 unspecified atom stereocenters. The fourth-order valence-corrected chi connectivity index (χ4v) is 1.51. The minimum absolute atomic E-state index is 0. The van der Waals surface area contributed by atoms with E-state index in [1.165, 1.54) is 19.4 Å². The molecule has 1 aromatic heterocycles. The highest BCUT2D eigenvalue weighted by Crippen LogP contribution is 2.18. The Morgan fingerprint density at radius 2 is 2.05 bits per heavy atom. The Kier molecular flexibility index (Phi) is 11.5. The molecule has 0 aromatic carbocycles. The fourth-order valence-electron chi connectivity index (χ4n) is 1.51. The molecule has 0 aliphatic rings. The van der Waals surface area contributed by atoms with E-state index >= 15 is 0 Å². The predicted octanol–water partition coefficient (Wildman–Crippen LogP) is 0.971. The first-order valence-corrected chi connectivity index (χ1v) is 5.86. The van der Waals surface area contributed by atoms with Crippen molar-refractivity contribution < 1.29 is 14.3 Å². The predicted molar refractivity (Wildman–Crippen MR) is 85.6 cm³/mol. The zero-order valence-electron chi connectivity index (χ0n) is 11.8. The summed E-state index contributed by atoms with van der Waals surface area (Å²) in [6.07, 6.45) is 2.54. The van der Waals surface area contributed by atoms with Gasteiger partial charge in [0.1, 0.15) is 5.56 Å². The van der Waals surface area contributed by atoms with E-state index in [1.54, 1.807) is 0 Å². The van der Waals surface area contributed by atoms with Gasteiger partial charge in [0.2, 0.25) is 11.8 Å². The lowest BCUT2D eigenvalue weighted by atomic mass is 10.2. The van der Waals surface area contributed by atoms with E-state index in [2.05, 4.69) is 15.6 Å². The van der Waals surface area contributed by atoms with Crippen LogP contribution in [0.3, 0.4) is 0 Å². The van der Waals surface area contributed by atoms with Crippen LogP contribution in [0.5, 0.6) is 5.88 Å². The van der Waals surface area contributed by atoms with Crippen LogP contribution in [0.2, 0.25) is 0 Å². The number of primary amides is 1. The summed E-state index contributed by atoms with van der Waals surface area (Å²) in [5.74, 6) is -0.658. The molecule has 1 heterocycles. The lowest BCUT2D eigenvalue weighted by molar-refractivity contribution is -0.116. The minimum Gasteiger partial charge on any atom is -0.480 e. The number of hydrogen-bond donors (Lipinski definition) is 3. The molecular weight excluding hydrogens is 319 g/mol. The third-order valence-electron chi connectivity index (χ3n) is 2.42. The number of rotatable bonds is 7. The van der Waals surface area contributed by atoms with Gasteiger partial charge in [-0.05, 0) is 26.1 Å². The van der Waals surface area contributed by atoms with Crippen LogP contribution in [0.1, 0.15) is 23.2 Å². The number of nitrogens with zero attached hydrogens (tertiary/aromatic N) is 1.